The third-order valence-corrected chi connectivity index (χ3v) is 7.18. The number of nitrogens with zero attached hydrogens (tertiary/aromatic N) is 3. The molecule has 172 valence electrons. The van der Waals surface area contributed by atoms with Gasteiger partial charge in [0.05, 0.1) is 5.69 Å². The fourth-order valence-corrected chi connectivity index (χ4v) is 5.37. The summed E-state index contributed by atoms with van der Waals surface area (Å²) in [6.07, 6.45) is 2.58. The Morgan fingerprint density at radius 3 is 2.74 bits per heavy atom. The van der Waals surface area contributed by atoms with Gasteiger partial charge in [-0.3, -0.25) is 14.9 Å². The molecule has 2 amide bonds. The summed E-state index contributed by atoms with van der Waals surface area (Å²) in [6.45, 7) is 0.307. The standard InChI is InChI=1S/C24H22N6O2S2/c25-18-8-9-19-21(11-18)34-24(27-19)28-23(32)17-3-1-2-14(10-17)12-26-22(31)16-6-4-15(5-7-16)20-13-33-30-29-20/h1-7,10,13,18H,8-9,11-12,25H2,(H,26,31)(H,27,28,32). The maximum absolute atomic E-state index is 12.8. The van der Waals surface area contributed by atoms with Crippen molar-refractivity contribution in [2.24, 2.45) is 5.73 Å². The van der Waals surface area contributed by atoms with Gasteiger partial charge in [-0.25, -0.2) is 4.98 Å². The van der Waals surface area contributed by atoms with E-state index >= 15 is 0 Å². The number of thiazole rings is 1. The van der Waals surface area contributed by atoms with Crippen molar-refractivity contribution in [3.63, 3.8) is 0 Å². The number of rotatable bonds is 6. The molecular weight excluding hydrogens is 468 g/mol. The van der Waals surface area contributed by atoms with Crippen LogP contribution in [0.15, 0.2) is 53.9 Å². The summed E-state index contributed by atoms with van der Waals surface area (Å²) < 4.78 is 3.86. The summed E-state index contributed by atoms with van der Waals surface area (Å²) in [6, 6.07) is 14.6. The first-order valence-electron chi connectivity index (χ1n) is 10.9. The number of nitrogens with two attached hydrogens (primary N) is 1. The van der Waals surface area contributed by atoms with Crippen molar-refractivity contribution < 1.29 is 9.59 Å². The Balaban J connectivity index is 1.19. The van der Waals surface area contributed by atoms with Gasteiger partial charge in [0.25, 0.3) is 11.8 Å². The van der Waals surface area contributed by atoms with Gasteiger partial charge >= 0.3 is 0 Å². The summed E-state index contributed by atoms with van der Waals surface area (Å²) >= 11 is 2.78. The Morgan fingerprint density at radius 1 is 1.09 bits per heavy atom. The van der Waals surface area contributed by atoms with Crippen molar-refractivity contribution in [3.8, 4) is 11.3 Å². The zero-order valence-electron chi connectivity index (χ0n) is 18.2. The van der Waals surface area contributed by atoms with Gasteiger partial charge < -0.3 is 11.1 Å². The Morgan fingerprint density at radius 2 is 1.94 bits per heavy atom. The highest BCUT2D eigenvalue weighted by molar-refractivity contribution is 7.15. The zero-order chi connectivity index (χ0) is 23.5. The van der Waals surface area contributed by atoms with E-state index in [1.165, 1.54) is 22.9 Å². The third kappa shape index (κ3) is 5.04. The molecule has 4 N–H and O–H groups in total. The largest absolute Gasteiger partial charge is 0.348 e. The smallest absolute Gasteiger partial charge is 0.257 e. The monoisotopic (exact) mass is 490 g/mol. The molecule has 5 rings (SSSR count). The van der Waals surface area contributed by atoms with Crippen LogP contribution < -0.4 is 16.4 Å². The molecule has 2 aromatic carbocycles. The maximum Gasteiger partial charge on any atom is 0.257 e. The fraction of sp³-hybridized carbons (Fsp3) is 0.208. The Hall–Kier alpha value is -3.47. The number of amides is 2. The average Bonchev–Trinajstić information content (AvgIpc) is 3.52. The van der Waals surface area contributed by atoms with Gasteiger partial charge in [-0.05, 0) is 60.6 Å². The first-order chi connectivity index (χ1) is 16.5. The number of carbonyl (C=O) groups is 2. The predicted octanol–water partition coefficient (Wildman–Crippen LogP) is 3.66. The SMILES string of the molecule is NC1CCc2nc(NC(=O)c3cccc(CNC(=O)c4ccc(-c5csnn5)cc4)c3)sc2C1. The van der Waals surface area contributed by atoms with E-state index in [2.05, 4.69) is 25.2 Å². The molecule has 10 heteroatoms. The molecule has 1 aliphatic carbocycles. The molecule has 0 radical (unpaired) electrons. The Kier molecular flexibility index (Phi) is 6.43. The van der Waals surface area contributed by atoms with E-state index in [9.17, 15) is 9.59 Å². The van der Waals surface area contributed by atoms with Gasteiger partial charge in [0.1, 0.15) is 5.69 Å². The number of aromatic nitrogens is 3. The van der Waals surface area contributed by atoms with Crippen molar-refractivity contribution in [2.75, 3.05) is 5.32 Å². The molecule has 1 atom stereocenters. The number of aryl methyl sites for hydroxylation is 1. The number of benzene rings is 2. The van der Waals surface area contributed by atoms with E-state index in [1.807, 2.05) is 23.6 Å². The topological polar surface area (TPSA) is 123 Å². The van der Waals surface area contributed by atoms with Crippen LogP contribution in [0, 0.1) is 0 Å². The van der Waals surface area contributed by atoms with Crippen molar-refractivity contribution >= 4 is 39.8 Å². The second-order valence-corrected chi connectivity index (χ2v) is 9.79. The predicted molar refractivity (Wildman–Crippen MR) is 133 cm³/mol. The van der Waals surface area contributed by atoms with E-state index in [-0.39, 0.29) is 17.9 Å². The summed E-state index contributed by atoms with van der Waals surface area (Å²) in [5, 5.41) is 12.3. The van der Waals surface area contributed by atoms with Crippen LogP contribution in [-0.2, 0) is 19.4 Å². The number of nitrogens with one attached hydrogen (secondary N) is 2. The number of hydrogen-bond donors (Lipinski definition) is 3. The highest BCUT2D eigenvalue weighted by Gasteiger charge is 2.21. The van der Waals surface area contributed by atoms with Crippen LogP contribution in [0.1, 0.15) is 43.3 Å². The van der Waals surface area contributed by atoms with Gasteiger partial charge in [-0.15, -0.1) is 16.4 Å². The first-order valence-corrected chi connectivity index (χ1v) is 12.5. The lowest BCUT2D eigenvalue weighted by molar-refractivity contribution is 0.0950. The van der Waals surface area contributed by atoms with E-state index < -0.39 is 0 Å². The van der Waals surface area contributed by atoms with Crippen molar-refractivity contribution in [1.29, 1.82) is 0 Å². The van der Waals surface area contributed by atoms with Gasteiger partial charge in [-0.1, -0.05) is 28.8 Å². The van der Waals surface area contributed by atoms with Crippen molar-refractivity contribution in [3.05, 3.63) is 81.2 Å². The Bertz CT molecular complexity index is 1320. The first kappa shape index (κ1) is 22.3. The lowest BCUT2D eigenvalue weighted by Gasteiger charge is -2.15. The normalized spacial score (nSPS) is 14.9. The fourth-order valence-electron chi connectivity index (χ4n) is 3.81. The third-order valence-electron chi connectivity index (χ3n) is 5.64. The average molecular weight is 491 g/mol. The van der Waals surface area contributed by atoms with E-state index in [0.717, 1.165) is 46.7 Å². The quantitative estimate of drug-likeness (QED) is 0.379. The van der Waals surface area contributed by atoms with E-state index in [1.54, 1.807) is 30.3 Å². The molecule has 0 spiro atoms. The molecule has 0 saturated heterocycles. The van der Waals surface area contributed by atoms with Crippen molar-refractivity contribution in [1.82, 2.24) is 19.9 Å². The lowest BCUT2D eigenvalue weighted by Crippen LogP contribution is -2.27. The summed E-state index contributed by atoms with van der Waals surface area (Å²) in [4.78, 5) is 31.0. The summed E-state index contributed by atoms with van der Waals surface area (Å²) in [5.41, 5.74) is 10.7. The number of anilines is 1. The lowest BCUT2D eigenvalue weighted by atomic mass is 9.99. The molecule has 1 aliphatic rings. The van der Waals surface area contributed by atoms with Crippen LogP contribution in [0.2, 0.25) is 0 Å². The van der Waals surface area contributed by atoms with Crippen LogP contribution >= 0.6 is 22.9 Å². The minimum atomic E-state index is -0.226. The van der Waals surface area contributed by atoms with Crippen LogP contribution in [-0.4, -0.2) is 32.4 Å². The second kappa shape index (κ2) is 9.80. The molecule has 0 fully saturated rings. The number of fused-ring (bicyclic) bond motifs is 1. The van der Waals surface area contributed by atoms with Crippen LogP contribution in [0.4, 0.5) is 5.13 Å². The second-order valence-electron chi connectivity index (χ2n) is 8.10. The van der Waals surface area contributed by atoms with Crippen molar-refractivity contribution in [2.45, 2.75) is 31.8 Å². The summed E-state index contributed by atoms with van der Waals surface area (Å²) in [7, 11) is 0. The van der Waals surface area contributed by atoms with E-state index in [4.69, 9.17) is 5.73 Å². The highest BCUT2D eigenvalue weighted by atomic mass is 32.1. The maximum atomic E-state index is 12.8. The molecule has 0 aliphatic heterocycles. The van der Waals surface area contributed by atoms with Crippen LogP contribution in [0.3, 0.4) is 0 Å². The minimum absolute atomic E-state index is 0.164. The molecule has 2 heterocycles. The highest BCUT2D eigenvalue weighted by Crippen LogP contribution is 2.29. The summed E-state index contributed by atoms with van der Waals surface area (Å²) in [5.74, 6) is -0.417. The van der Waals surface area contributed by atoms with Crippen LogP contribution in [0.5, 0.6) is 0 Å². The zero-order valence-corrected chi connectivity index (χ0v) is 19.8. The van der Waals surface area contributed by atoms with Gasteiger partial charge in [-0.2, -0.15) is 0 Å². The molecule has 4 aromatic rings. The van der Waals surface area contributed by atoms with Gasteiger partial charge in [0.2, 0.25) is 0 Å². The molecule has 2 aromatic heterocycles. The molecule has 34 heavy (non-hydrogen) atoms. The number of hydrogen-bond acceptors (Lipinski definition) is 8. The van der Waals surface area contributed by atoms with E-state index in [0.29, 0.717) is 22.8 Å². The molecular formula is C24H22N6O2S2. The number of carbonyl (C=O) groups excluding carboxylic acids is 2. The molecule has 1 unspecified atom stereocenters. The van der Waals surface area contributed by atoms with Crippen LogP contribution in [0.25, 0.3) is 11.3 Å². The molecule has 0 bridgehead atoms. The van der Waals surface area contributed by atoms with Gasteiger partial charge in [0, 0.05) is 39.5 Å². The minimum Gasteiger partial charge on any atom is -0.348 e. The Labute approximate surface area is 204 Å². The molecule has 0 saturated carbocycles. The molecule has 8 nitrogen and oxygen atoms in total. The van der Waals surface area contributed by atoms with Gasteiger partial charge in [0.15, 0.2) is 5.13 Å².